The number of likely N-dealkylation sites (N-methyl/N-ethyl adjacent to an activating group) is 1. The molecule has 0 spiro atoms. The predicted octanol–water partition coefficient (Wildman–Crippen LogP) is 2.94. The Labute approximate surface area is 182 Å². The van der Waals surface area contributed by atoms with Crippen LogP contribution in [-0.4, -0.2) is 77.8 Å². The first-order chi connectivity index (χ1) is 14.9. The minimum atomic E-state index is -0.349. The fourth-order valence-electron chi connectivity index (χ4n) is 4.38. The van der Waals surface area contributed by atoms with Gasteiger partial charge < -0.3 is 14.7 Å². The number of piperazine rings is 1. The topological polar surface area (TPSA) is 56.8 Å². The number of rotatable bonds is 3. The van der Waals surface area contributed by atoms with E-state index in [0.717, 1.165) is 50.4 Å². The maximum absolute atomic E-state index is 13.2. The number of halogens is 1. The van der Waals surface area contributed by atoms with Gasteiger partial charge in [-0.1, -0.05) is 0 Å². The summed E-state index contributed by atoms with van der Waals surface area (Å²) in [5, 5.41) is 0. The molecule has 0 bridgehead atoms. The molecule has 0 aliphatic carbocycles. The van der Waals surface area contributed by atoms with Gasteiger partial charge in [0.1, 0.15) is 5.82 Å². The van der Waals surface area contributed by atoms with Crippen LogP contribution in [0.1, 0.15) is 50.9 Å². The minimum Gasteiger partial charge on any atom is -0.339 e. The number of hydrogen-bond donors (Lipinski definition) is 0. The van der Waals surface area contributed by atoms with Crippen LogP contribution >= 0.6 is 0 Å². The lowest BCUT2D eigenvalue weighted by atomic mass is 9.89. The van der Waals surface area contributed by atoms with Gasteiger partial charge in [0.15, 0.2) is 0 Å². The lowest BCUT2D eigenvalue weighted by molar-refractivity contribution is 0.0654. The monoisotopic (exact) mass is 424 g/mol. The number of aromatic nitrogens is 1. The van der Waals surface area contributed by atoms with Crippen LogP contribution in [0.15, 0.2) is 36.4 Å². The smallest absolute Gasteiger partial charge is 0.255 e. The van der Waals surface area contributed by atoms with E-state index in [4.69, 9.17) is 4.98 Å². The number of carbonyl (C=O) groups is 2. The quantitative estimate of drug-likeness (QED) is 0.760. The van der Waals surface area contributed by atoms with Crippen LogP contribution in [0.25, 0.3) is 0 Å². The van der Waals surface area contributed by atoms with Crippen LogP contribution in [0.5, 0.6) is 0 Å². The summed E-state index contributed by atoms with van der Waals surface area (Å²) in [5.74, 6) is -0.230. The first kappa shape index (κ1) is 21.4. The second-order valence-electron chi connectivity index (χ2n) is 8.55. The lowest BCUT2D eigenvalue weighted by Crippen LogP contribution is -2.47. The molecule has 2 aliphatic rings. The van der Waals surface area contributed by atoms with Gasteiger partial charge in [-0.05, 0) is 63.2 Å². The number of carbonyl (C=O) groups excluding carboxylic acids is 2. The molecule has 7 heteroatoms. The molecule has 31 heavy (non-hydrogen) atoms. The summed E-state index contributed by atoms with van der Waals surface area (Å²) in [6.07, 6.45) is 1.51. The second kappa shape index (κ2) is 9.14. The highest BCUT2D eigenvalue weighted by Crippen LogP contribution is 2.31. The fraction of sp³-hybridized carbons (Fsp3) is 0.458. The molecule has 0 saturated carbocycles. The molecule has 2 aromatic rings. The summed E-state index contributed by atoms with van der Waals surface area (Å²) in [4.78, 5) is 36.7. The predicted molar refractivity (Wildman–Crippen MR) is 117 cm³/mol. The Bertz CT molecular complexity index is 947. The second-order valence-corrected chi connectivity index (χ2v) is 8.55. The average molecular weight is 425 g/mol. The lowest BCUT2D eigenvalue weighted by Gasteiger charge is -2.35. The molecule has 0 N–H and O–H groups in total. The van der Waals surface area contributed by atoms with Crippen LogP contribution in [0.4, 0.5) is 4.39 Å². The van der Waals surface area contributed by atoms with Crippen molar-refractivity contribution in [3.63, 3.8) is 0 Å². The number of likely N-dealkylation sites (tertiary alicyclic amines) is 1. The van der Waals surface area contributed by atoms with Crippen molar-refractivity contribution in [3.05, 3.63) is 64.7 Å². The summed E-state index contributed by atoms with van der Waals surface area (Å²) < 4.78 is 13.2. The third kappa shape index (κ3) is 4.77. The zero-order valence-electron chi connectivity index (χ0n) is 18.2. The number of pyridine rings is 1. The van der Waals surface area contributed by atoms with Gasteiger partial charge in [0, 0.05) is 56.4 Å². The Morgan fingerprint density at radius 2 is 1.48 bits per heavy atom. The number of piperidine rings is 1. The van der Waals surface area contributed by atoms with E-state index in [0.29, 0.717) is 24.2 Å². The Hall–Kier alpha value is -2.80. The minimum absolute atomic E-state index is 0.0559. The molecule has 1 aromatic carbocycles. The summed E-state index contributed by atoms with van der Waals surface area (Å²) in [6, 6.07) is 9.49. The Morgan fingerprint density at radius 3 is 2.13 bits per heavy atom. The average Bonchev–Trinajstić information content (AvgIpc) is 2.79. The number of benzene rings is 1. The third-order valence-corrected chi connectivity index (χ3v) is 6.34. The van der Waals surface area contributed by atoms with Gasteiger partial charge in [-0.25, -0.2) is 4.39 Å². The summed E-state index contributed by atoms with van der Waals surface area (Å²) in [7, 11) is 2.07. The molecule has 2 fully saturated rings. The van der Waals surface area contributed by atoms with E-state index in [2.05, 4.69) is 11.9 Å². The van der Waals surface area contributed by atoms with Gasteiger partial charge in [-0.2, -0.15) is 0 Å². The van der Waals surface area contributed by atoms with E-state index in [1.165, 1.54) is 24.3 Å². The highest BCUT2D eigenvalue weighted by atomic mass is 19.1. The third-order valence-electron chi connectivity index (χ3n) is 6.34. The first-order valence-corrected chi connectivity index (χ1v) is 10.9. The first-order valence-electron chi connectivity index (χ1n) is 10.9. The normalized spacial score (nSPS) is 18.3. The van der Waals surface area contributed by atoms with Gasteiger partial charge in [0.05, 0.1) is 11.3 Å². The fourth-order valence-corrected chi connectivity index (χ4v) is 4.38. The number of amides is 2. The Balaban J connectivity index is 1.47. The molecule has 0 atom stereocenters. The van der Waals surface area contributed by atoms with Crippen molar-refractivity contribution in [2.75, 3.05) is 46.3 Å². The molecular formula is C24H29FN4O2. The van der Waals surface area contributed by atoms with Crippen molar-refractivity contribution in [1.29, 1.82) is 0 Å². The van der Waals surface area contributed by atoms with E-state index in [1.807, 2.05) is 28.9 Å². The number of aryl methyl sites for hydroxylation is 1. The SMILES string of the molecule is Cc1ccc(C(=O)N2CCN(C)CC2)c(C2CCN(C(=O)c3ccc(F)cc3)CC2)n1. The molecule has 2 aliphatic heterocycles. The van der Waals surface area contributed by atoms with Crippen molar-refractivity contribution < 1.29 is 14.0 Å². The van der Waals surface area contributed by atoms with Crippen LogP contribution in [-0.2, 0) is 0 Å². The maximum Gasteiger partial charge on any atom is 0.255 e. The number of hydrogen-bond acceptors (Lipinski definition) is 4. The van der Waals surface area contributed by atoms with E-state index >= 15 is 0 Å². The molecule has 164 valence electrons. The van der Waals surface area contributed by atoms with Crippen molar-refractivity contribution in [3.8, 4) is 0 Å². The molecule has 3 heterocycles. The highest BCUT2D eigenvalue weighted by molar-refractivity contribution is 5.96. The largest absolute Gasteiger partial charge is 0.339 e. The summed E-state index contributed by atoms with van der Waals surface area (Å²) in [5.41, 5.74) is 2.95. The van der Waals surface area contributed by atoms with E-state index in [1.54, 1.807) is 0 Å². The molecular weight excluding hydrogens is 395 g/mol. The highest BCUT2D eigenvalue weighted by Gasteiger charge is 2.30. The molecule has 2 saturated heterocycles. The van der Waals surface area contributed by atoms with Crippen LogP contribution in [0.2, 0.25) is 0 Å². The van der Waals surface area contributed by atoms with Crippen molar-refractivity contribution in [2.24, 2.45) is 0 Å². The van der Waals surface area contributed by atoms with Crippen molar-refractivity contribution in [1.82, 2.24) is 19.7 Å². The van der Waals surface area contributed by atoms with Crippen LogP contribution in [0.3, 0.4) is 0 Å². The van der Waals surface area contributed by atoms with Gasteiger partial charge in [-0.15, -0.1) is 0 Å². The summed E-state index contributed by atoms with van der Waals surface area (Å²) in [6.45, 7) is 6.35. The molecule has 6 nitrogen and oxygen atoms in total. The van der Waals surface area contributed by atoms with E-state index in [9.17, 15) is 14.0 Å². The standard InChI is InChI=1S/C24H29FN4O2/c1-17-3-8-21(24(31)29-15-13-27(2)14-16-29)22(26-17)18-9-11-28(12-10-18)23(30)19-4-6-20(25)7-5-19/h3-8,18H,9-16H2,1-2H3. The van der Waals surface area contributed by atoms with Crippen LogP contribution in [0, 0.1) is 12.7 Å². The maximum atomic E-state index is 13.2. The zero-order valence-corrected chi connectivity index (χ0v) is 18.2. The van der Waals surface area contributed by atoms with Crippen molar-refractivity contribution >= 4 is 11.8 Å². The molecule has 0 unspecified atom stereocenters. The molecule has 2 amide bonds. The Kier molecular flexibility index (Phi) is 6.32. The molecule has 1 aromatic heterocycles. The van der Waals surface area contributed by atoms with Gasteiger partial charge in [-0.3, -0.25) is 14.6 Å². The van der Waals surface area contributed by atoms with Gasteiger partial charge in [0.2, 0.25) is 0 Å². The molecule has 0 radical (unpaired) electrons. The van der Waals surface area contributed by atoms with E-state index < -0.39 is 0 Å². The molecule has 4 rings (SSSR count). The van der Waals surface area contributed by atoms with Crippen LogP contribution < -0.4 is 0 Å². The van der Waals surface area contributed by atoms with Gasteiger partial charge in [0.25, 0.3) is 11.8 Å². The Morgan fingerprint density at radius 1 is 0.871 bits per heavy atom. The van der Waals surface area contributed by atoms with Crippen molar-refractivity contribution in [2.45, 2.75) is 25.7 Å². The van der Waals surface area contributed by atoms with Gasteiger partial charge >= 0.3 is 0 Å². The number of nitrogens with zero attached hydrogens (tertiary/aromatic N) is 4. The van der Waals surface area contributed by atoms with E-state index in [-0.39, 0.29) is 23.5 Å². The summed E-state index contributed by atoms with van der Waals surface area (Å²) >= 11 is 0. The zero-order chi connectivity index (χ0) is 22.0.